The SMILES string of the molecule is CC(=O)O[C@@H]1CC[C@@H](Oc2cc(C3(C#N)CCN(CC(=O)O)CC3)ccc2OC(F)F)C1. The first-order valence-electron chi connectivity index (χ1n) is 10.5. The first-order valence-corrected chi connectivity index (χ1v) is 10.5. The van der Waals surface area contributed by atoms with E-state index < -0.39 is 18.0 Å². The summed E-state index contributed by atoms with van der Waals surface area (Å²) in [5.74, 6) is -1.33. The van der Waals surface area contributed by atoms with Crippen molar-refractivity contribution in [2.75, 3.05) is 19.6 Å². The van der Waals surface area contributed by atoms with Crippen molar-refractivity contribution in [1.82, 2.24) is 4.90 Å². The zero-order chi connectivity index (χ0) is 23.3. The predicted octanol–water partition coefficient (Wildman–Crippen LogP) is 3.09. The number of ether oxygens (including phenoxy) is 3. The highest BCUT2D eigenvalue weighted by molar-refractivity contribution is 5.69. The summed E-state index contributed by atoms with van der Waals surface area (Å²) in [4.78, 5) is 23.9. The fourth-order valence-corrected chi connectivity index (χ4v) is 4.37. The molecule has 2 atom stereocenters. The number of carboxylic acid groups (broad SMARTS) is 1. The molecule has 2 fully saturated rings. The maximum atomic E-state index is 12.9. The number of nitriles is 1. The molecule has 1 N–H and O–H groups in total. The van der Waals surface area contributed by atoms with Gasteiger partial charge in [0.2, 0.25) is 0 Å². The number of halogens is 2. The van der Waals surface area contributed by atoms with E-state index in [0.29, 0.717) is 50.8 Å². The van der Waals surface area contributed by atoms with Crippen molar-refractivity contribution in [3.8, 4) is 17.6 Å². The molecule has 0 aromatic heterocycles. The Morgan fingerprint density at radius 1 is 1.25 bits per heavy atom. The van der Waals surface area contributed by atoms with Crippen LogP contribution in [0.5, 0.6) is 11.5 Å². The second-order valence-electron chi connectivity index (χ2n) is 8.19. The molecule has 2 aliphatic rings. The summed E-state index contributed by atoms with van der Waals surface area (Å²) >= 11 is 0. The molecule has 8 nitrogen and oxygen atoms in total. The van der Waals surface area contributed by atoms with Crippen molar-refractivity contribution in [2.45, 2.75) is 63.3 Å². The number of piperidine rings is 1. The molecule has 1 aliphatic heterocycles. The molecule has 174 valence electrons. The van der Waals surface area contributed by atoms with Crippen molar-refractivity contribution in [2.24, 2.45) is 0 Å². The van der Waals surface area contributed by atoms with Crippen LogP contribution in [0.1, 0.15) is 44.6 Å². The fourth-order valence-electron chi connectivity index (χ4n) is 4.37. The molecule has 10 heteroatoms. The van der Waals surface area contributed by atoms with Crippen LogP contribution in [0.25, 0.3) is 0 Å². The molecule has 1 aromatic rings. The van der Waals surface area contributed by atoms with Gasteiger partial charge >= 0.3 is 18.6 Å². The number of nitrogens with zero attached hydrogens (tertiary/aromatic N) is 2. The van der Waals surface area contributed by atoms with Gasteiger partial charge in [0.15, 0.2) is 11.5 Å². The van der Waals surface area contributed by atoms with E-state index in [-0.39, 0.29) is 36.2 Å². The molecular formula is C22H26F2N2O6. The monoisotopic (exact) mass is 452 g/mol. The summed E-state index contributed by atoms with van der Waals surface area (Å²) in [5, 5.41) is 18.9. The molecule has 0 amide bonds. The van der Waals surface area contributed by atoms with Crippen LogP contribution < -0.4 is 9.47 Å². The van der Waals surface area contributed by atoms with Crippen molar-refractivity contribution in [1.29, 1.82) is 5.26 Å². The maximum absolute atomic E-state index is 12.9. The van der Waals surface area contributed by atoms with Crippen LogP contribution in [0.3, 0.4) is 0 Å². The summed E-state index contributed by atoms with van der Waals surface area (Å²) in [6.07, 6.45) is 1.81. The van der Waals surface area contributed by atoms with Gasteiger partial charge in [-0.05, 0) is 43.4 Å². The number of carbonyl (C=O) groups is 2. The smallest absolute Gasteiger partial charge is 0.387 e. The number of hydrogen-bond acceptors (Lipinski definition) is 7. The highest BCUT2D eigenvalue weighted by Gasteiger charge is 2.38. The van der Waals surface area contributed by atoms with Crippen molar-refractivity contribution in [3.05, 3.63) is 23.8 Å². The molecule has 1 heterocycles. The Hall–Kier alpha value is -2.93. The van der Waals surface area contributed by atoms with E-state index in [1.165, 1.54) is 13.0 Å². The number of benzene rings is 1. The Balaban J connectivity index is 1.80. The first-order chi connectivity index (χ1) is 15.2. The molecule has 0 unspecified atom stereocenters. The zero-order valence-corrected chi connectivity index (χ0v) is 17.8. The molecule has 32 heavy (non-hydrogen) atoms. The number of likely N-dealkylation sites (tertiary alicyclic amines) is 1. The number of carboxylic acids is 1. The van der Waals surface area contributed by atoms with Crippen LogP contribution in [-0.4, -0.2) is 60.4 Å². The number of aliphatic carboxylic acids is 1. The van der Waals surface area contributed by atoms with Crippen LogP contribution in [0.15, 0.2) is 18.2 Å². The third-order valence-corrected chi connectivity index (χ3v) is 5.96. The predicted molar refractivity (Wildman–Crippen MR) is 107 cm³/mol. The largest absolute Gasteiger partial charge is 0.486 e. The van der Waals surface area contributed by atoms with Gasteiger partial charge in [-0.1, -0.05) is 6.07 Å². The molecule has 0 radical (unpaired) electrons. The topological polar surface area (TPSA) is 109 Å². The van der Waals surface area contributed by atoms with Gasteiger partial charge in [0.1, 0.15) is 12.2 Å². The standard InChI is InChI=1S/C22H26F2N2O6/c1-14(27)30-16-3-4-17(11-16)31-19-10-15(2-5-18(19)32-21(23)24)22(13-25)6-8-26(9-7-22)12-20(28)29/h2,5,10,16-17,21H,3-4,6-9,11-12H2,1H3,(H,28,29)/t16-,17-/m1/s1. The molecule has 0 bridgehead atoms. The van der Waals surface area contributed by atoms with E-state index in [1.807, 2.05) is 0 Å². The average molecular weight is 452 g/mol. The summed E-state index contributed by atoms with van der Waals surface area (Å²) in [5.41, 5.74) is -0.270. The van der Waals surface area contributed by atoms with Gasteiger partial charge in [0.05, 0.1) is 18.0 Å². The Morgan fingerprint density at radius 3 is 2.53 bits per heavy atom. The Kier molecular flexibility index (Phi) is 7.51. The maximum Gasteiger partial charge on any atom is 0.387 e. The van der Waals surface area contributed by atoms with Gasteiger partial charge in [-0.15, -0.1) is 0 Å². The second kappa shape index (κ2) is 10.1. The van der Waals surface area contributed by atoms with Gasteiger partial charge in [-0.2, -0.15) is 14.0 Å². The molecule has 0 spiro atoms. The van der Waals surface area contributed by atoms with E-state index in [9.17, 15) is 23.6 Å². The quantitative estimate of drug-likeness (QED) is 0.600. The van der Waals surface area contributed by atoms with Gasteiger partial charge in [-0.25, -0.2) is 0 Å². The van der Waals surface area contributed by atoms with E-state index in [1.54, 1.807) is 17.0 Å². The van der Waals surface area contributed by atoms with Crippen molar-refractivity contribution < 1.29 is 37.7 Å². The van der Waals surface area contributed by atoms with E-state index in [4.69, 9.17) is 14.6 Å². The van der Waals surface area contributed by atoms with Crippen LogP contribution in [-0.2, 0) is 19.7 Å². The molecule has 1 aromatic carbocycles. The van der Waals surface area contributed by atoms with Crippen LogP contribution >= 0.6 is 0 Å². The summed E-state index contributed by atoms with van der Waals surface area (Å²) in [6.45, 7) is -0.946. The molecular weight excluding hydrogens is 426 g/mol. The highest BCUT2D eigenvalue weighted by Crippen LogP contribution is 2.41. The number of rotatable bonds is 8. The Labute approximate surface area is 184 Å². The highest BCUT2D eigenvalue weighted by atomic mass is 19.3. The van der Waals surface area contributed by atoms with Gasteiger partial charge in [-0.3, -0.25) is 14.5 Å². The number of carbonyl (C=O) groups excluding carboxylic acids is 1. The lowest BCUT2D eigenvalue weighted by Gasteiger charge is -2.37. The lowest BCUT2D eigenvalue weighted by molar-refractivity contribution is -0.146. The van der Waals surface area contributed by atoms with Crippen LogP contribution in [0.4, 0.5) is 8.78 Å². The lowest BCUT2D eigenvalue weighted by atomic mass is 9.74. The third kappa shape index (κ3) is 5.85. The molecule has 3 rings (SSSR count). The molecule has 1 saturated heterocycles. The minimum Gasteiger partial charge on any atom is -0.486 e. The summed E-state index contributed by atoms with van der Waals surface area (Å²) in [7, 11) is 0. The first kappa shape index (κ1) is 23.7. The Morgan fingerprint density at radius 2 is 1.94 bits per heavy atom. The van der Waals surface area contributed by atoms with Crippen molar-refractivity contribution >= 4 is 11.9 Å². The third-order valence-electron chi connectivity index (χ3n) is 5.96. The van der Waals surface area contributed by atoms with Gasteiger partial charge < -0.3 is 19.3 Å². The minimum atomic E-state index is -3.04. The zero-order valence-electron chi connectivity index (χ0n) is 17.8. The Bertz CT molecular complexity index is 880. The number of hydrogen-bond donors (Lipinski definition) is 1. The molecule has 1 aliphatic carbocycles. The van der Waals surface area contributed by atoms with Crippen LogP contribution in [0, 0.1) is 11.3 Å². The number of esters is 1. The van der Waals surface area contributed by atoms with E-state index >= 15 is 0 Å². The van der Waals surface area contributed by atoms with E-state index in [2.05, 4.69) is 10.8 Å². The summed E-state index contributed by atoms with van der Waals surface area (Å²) < 4.78 is 41.6. The molecule has 1 saturated carbocycles. The van der Waals surface area contributed by atoms with Gasteiger partial charge in [0.25, 0.3) is 0 Å². The average Bonchev–Trinajstić information content (AvgIpc) is 3.15. The van der Waals surface area contributed by atoms with E-state index in [0.717, 1.165) is 0 Å². The minimum absolute atomic E-state index is 0.0950. The number of alkyl halides is 2. The van der Waals surface area contributed by atoms with Crippen molar-refractivity contribution in [3.63, 3.8) is 0 Å². The van der Waals surface area contributed by atoms with Crippen LogP contribution in [0.2, 0.25) is 0 Å². The normalized spacial score (nSPS) is 22.8. The lowest BCUT2D eigenvalue weighted by Crippen LogP contribution is -2.43. The fraction of sp³-hybridized carbons (Fsp3) is 0.591. The summed E-state index contributed by atoms with van der Waals surface area (Å²) in [6, 6.07) is 6.86. The second-order valence-corrected chi connectivity index (χ2v) is 8.19. The van der Waals surface area contributed by atoms with Gasteiger partial charge in [0, 0.05) is 26.4 Å².